The van der Waals surface area contributed by atoms with Crippen molar-refractivity contribution in [3.05, 3.63) is 33.4 Å². The van der Waals surface area contributed by atoms with Crippen molar-refractivity contribution in [2.24, 2.45) is 5.92 Å². The summed E-state index contributed by atoms with van der Waals surface area (Å²) in [6.07, 6.45) is 3.48. The largest absolute Gasteiger partial charge is 0.466 e. The molecule has 128 valence electrons. The quantitative estimate of drug-likeness (QED) is 0.539. The number of rotatable bonds is 8. The molecule has 0 spiro atoms. The number of hydrogen-bond acceptors (Lipinski definition) is 3. The van der Waals surface area contributed by atoms with Crippen LogP contribution < -0.4 is 0 Å². The molecule has 0 saturated heterocycles. The van der Waals surface area contributed by atoms with Crippen LogP contribution in [0.5, 0.6) is 0 Å². The van der Waals surface area contributed by atoms with E-state index in [1.807, 2.05) is 6.92 Å². The first-order valence-corrected chi connectivity index (χ1v) is 8.59. The number of benzene rings is 1. The number of hydrogen-bond donors (Lipinski definition) is 0. The van der Waals surface area contributed by atoms with Crippen LogP contribution in [0.15, 0.2) is 0 Å². The van der Waals surface area contributed by atoms with Gasteiger partial charge in [-0.3, -0.25) is 4.79 Å². The maximum absolute atomic E-state index is 12.0. The molecule has 3 heteroatoms. The molecule has 0 unspecified atom stereocenters. The smallest absolute Gasteiger partial charge is 0.310 e. The van der Waals surface area contributed by atoms with E-state index in [4.69, 9.17) is 4.74 Å². The van der Waals surface area contributed by atoms with Crippen molar-refractivity contribution in [1.29, 1.82) is 0 Å². The van der Waals surface area contributed by atoms with Crippen LogP contribution in [0.1, 0.15) is 61.1 Å². The molecule has 0 N–H and O–H groups in total. The maximum Gasteiger partial charge on any atom is 0.310 e. The predicted molar refractivity (Wildman–Crippen MR) is 93.9 cm³/mol. The summed E-state index contributed by atoms with van der Waals surface area (Å²) >= 11 is 0. The van der Waals surface area contributed by atoms with Gasteiger partial charge in [-0.1, -0.05) is 20.8 Å². The van der Waals surface area contributed by atoms with Gasteiger partial charge in [0, 0.05) is 6.42 Å². The summed E-state index contributed by atoms with van der Waals surface area (Å²) in [7, 11) is 0. The van der Waals surface area contributed by atoms with E-state index in [0.717, 1.165) is 35.8 Å². The summed E-state index contributed by atoms with van der Waals surface area (Å²) in [5.41, 5.74) is 7.00. The Balaban J connectivity index is 3.51. The molecular weight excluding hydrogens is 288 g/mol. The van der Waals surface area contributed by atoms with Crippen molar-refractivity contribution in [3.63, 3.8) is 0 Å². The molecule has 0 atom stereocenters. The fourth-order valence-electron chi connectivity index (χ4n) is 3.39. The third-order valence-corrected chi connectivity index (χ3v) is 4.42. The summed E-state index contributed by atoms with van der Waals surface area (Å²) < 4.78 is 5.11. The Morgan fingerprint density at radius 3 is 2.13 bits per heavy atom. The second-order valence-electron chi connectivity index (χ2n) is 6.47. The molecular formula is C20H30O3. The van der Waals surface area contributed by atoms with E-state index in [2.05, 4.69) is 34.6 Å². The van der Waals surface area contributed by atoms with Gasteiger partial charge < -0.3 is 9.53 Å². The summed E-state index contributed by atoms with van der Waals surface area (Å²) in [6.45, 7) is 12.9. The number of aldehydes is 1. The van der Waals surface area contributed by atoms with Gasteiger partial charge in [0.2, 0.25) is 0 Å². The van der Waals surface area contributed by atoms with Gasteiger partial charge in [-0.25, -0.2) is 0 Å². The van der Waals surface area contributed by atoms with Gasteiger partial charge in [0.25, 0.3) is 0 Å². The van der Waals surface area contributed by atoms with Crippen LogP contribution in [-0.4, -0.2) is 18.9 Å². The number of carbonyl (C=O) groups excluding carboxylic acids is 2. The van der Waals surface area contributed by atoms with E-state index in [1.165, 1.54) is 16.7 Å². The van der Waals surface area contributed by atoms with Gasteiger partial charge in [-0.05, 0) is 72.9 Å². The summed E-state index contributed by atoms with van der Waals surface area (Å²) in [6, 6.07) is 0. The van der Waals surface area contributed by atoms with Gasteiger partial charge in [0.1, 0.15) is 6.29 Å². The summed E-state index contributed by atoms with van der Waals surface area (Å²) in [4.78, 5) is 23.2. The predicted octanol–water partition coefficient (Wildman–Crippen LogP) is 3.91. The number of carbonyl (C=O) groups is 2. The minimum atomic E-state index is -0.221. The van der Waals surface area contributed by atoms with Crippen molar-refractivity contribution in [3.8, 4) is 0 Å². The van der Waals surface area contributed by atoms with Crippen LogP contribution in [0.2, 0.25) is 0 Å². The highest BCUT2D eigenvalue weighted by molar-refractivity contribution is 5.75. The van der Waals surface area contributed by atoms with E-state index in [0.29, 0.717) is 18.9 Å². The molecule has 0 aliphatic heterocycles. The van der Waals surface area contributed by atoms with Crippen LogP contribution >= 0.6 is 0 Å². The van der Waals surface area contributed by atoms with E-state index < -0.39 is 0 Å². The zero-order chi connectivity index (χ0) is 17.6. The van der Waals surface area contributed by atoms with Crippen molar-refractivity contribution in [2.75, 3.05) is 6.61 Å². The van der Waals surface area contributed by atoms with E-state index in [1.54, 1.807) is 0 Å². The molecule has 0 aliphatic carbocycles. The Morgan fingerprint density at radius 1 is 1.04 bits per heavy atom. The minimum absolute atomic E-state index is 0.221. The first-order valence-electron chi connectivity index (χ1n) is 8.59. The lowest BCUT2D eigenvalue weighted by Gasteiger charge is -2.23. The lowest BCUT2D eigenvalue weighted by molar-refractivity contribution is -0.142. The molecule has 1 rings (SSSR count). The zero-order valence-corrected chi connectivity index (χ0v) is 15.4. The third kappa shape index (κ3) is 4.66. The van der Waals surface area contributed by atoms with Crippen molar-refractivity contribution < 1.29 is 14.3 Å². The lowest BCUT2D eigenvalue weighted by Crippen LogP contribution is -2.16. The highest BCUT2D eigenvalue weighted by Gasteiger charge is 2.20. The van der Waals surface area contributed by atoms with Crippen LogP contribution in [0.3, 0.4) is 0 Å². The highest BCUT2D eigenvalue weighted by atomic mass is 16.5. The second-order valence-corrected chi connectivity index (χ2v) is 6.47. The first-order chi connectivity index (χ1) is 10.9. The molecule has 0 aliphatic rings. The molecule has 3 nitrogen and oxygen atoms in total. The van der Waals surface area contributed by atoms with Crippen LogP contribution in [0, 0.1) is 19.8 Å². The van der Waals surface area contributed by atoms with Gasteiger partial charge in [-0.2, -0.15) is 0 Å². The number of esters is 1. The SMILES string of the molecule is CCOC(=O)Cc1c(C)c(CC)c(CC(C)C)c(C)c1CC=O. The van der Waals surface area contributed by atoms with Crippen LogP contribution in [0.4, 0.5) is 0 Å². The van der Waals surface area contributed by atoms with Crippen LogP contribution in [-0.2, 0) is 40.0 Å². The molecule has 0 fully saturated rings. The molecule has 1 aromatic rings. The molecule has 0 bridgehead atoms. The molecule has 1 aromatic carbocycles. The Hall–Kier alpha value is -1.64. The Labute approximate surface area is 140 Å². The second kappa shape index (κ2) is 8.85. The van der Waals surface area contributed by atoms with Crippen molar-refractivity contribution in [1.82, 2.24) is 0 Å². The van der Waals surface area contributed by atoms with Crippen LogP contribution in [0.25, 0.3) is 0 Å². The Kier molecular flexibility index (Phi) is 7.47. The summed E-state index contributed by atoms with van der Waals surface area (Å²) in [5, 5.41) is 0. The molecule has 0 radical (unpaired) electrons. The lowest BCUT2D eigenvalue weighted by atomic mass is 9.82. The normalized spacial score (nSPS) is 10.9. The average molecular weight is 318 g/mol. The van der Waals surface area contributed by atoms with E-state index in [9.17, 15) is 9.59 Å². The van der Waals surface area contributed by atoms with Gasteiger partial charge in [0.15, 0.2) is 0 Å². The molecule has 23 heavy (non-hydrogen) atoms. The van der Waals surface area contributed by atoms with Crippen molar-refractivity contribution in [2.45, 2.75) is 67.2 Å². The molecule has 0 aromatic heterocycles. The first kappa shape index (κ1) is 19.4. The summed E-state index contributed by atoms with van der Waals surface area (Å²) in [5.74, 6) is 0.333. The maximum atomic E-state index is 12.0. The fraction of sp³-hybridized carbons (Fsp3) is 0.600. The highest BCUT2D eigenvalue weighted by Crippen LogP contribution is 2.31. The average Bonchev–Trinajstić information content (AvgIpc) is 2.48. The van der Waals surface area contributed by atoms with Gasteiger partial charge in [0.05, 0.1) is 13.0 Å². The topological polar surface area (TPSA) is 43.4 Å². The molecule has 0 heterocycles. The van der Waals surface area contributed by atoms with E-state index in [-0.39, 0.29) is 12.4 Å². The monoisotopic (exact) mass is 318 g/mol. The third-order valence-electron chi connectivity index (χ3n) is 4.42. The van der Waals surface area contributed by atoms with Gasteiger partial charge >= 0.3 is 5.97 Å². The zero-order valence-electron chi connectivity index (χ0n) is 15.4. The molecule has 0 amide bonds. The van der Waals surface area contributed by atoms with Crippen molar-refractivity contribution >= 4 is 12.3 Å². The standard InChI is InChI=1S/C20H30O3/c1-7-16-14(5)19(12-20(22)23-8-2)17(9-10-21)15(6)18(16)11-13(3)4/h10,13H,7-9,11-12H2,1-6H3. The molecule has 0 saturated carbocycles. The number of ether oxygens (including phenoxy) is 1. The van der Waals surface area contributed by atoms with Gasteiger partial charge in [-0.15, -0.1) is 0 Å². The Bertz CT molecular complexity index is 571. The Morgan fingerprint density at radius 2 is 1.65 bits per heavy atom. The van der Waals surface area contributed by atoms with E-state index >= 15 is 0 Å². The fourth-order valence-corrected chi connectivity index (χ4v) is 3.39. The minimum Gasteiger partial charge on any atom is -0.466 e.